The van der Waals surface area contributed by atoms with E-state index in [9.17, 15) is 23.6 Å². The van der Waals surface area contributed by atoms with Gasteiger partial charge < -0.3 is 35.8 Å². The molecule has 2 amide bonds. The van der Waals surface area contributed by atoms with Gasteiger partial charge in [0.2, 0.25) is 0 Å². The van der Waals surface area contributed by atoms with Crippen LogP contribution in [0.1, 0.15) is 53.1 Å². The number of carbonyl (C=O) groups excluding carboxylic acids is 2. The smallest absolute Gasteiger partial charge is 0.333 e. The van der Waals surface area contributed by atoms with Gasteiger partial charge in [0.15, 0.2) is 6.10 Å². The minimum Gasteiger partial charge on any atom is -0.481 e. The van der Waals surface area contributed by atoms with Crippen molar-refractivity contribution in [1.29, 1.82) is 0 Å². The van der Waals surface area contributed by atoms with Crippen molar-refractivity contribution in [3.8, 4) is 0 Å². The highest BCUT2D eigenvalue weighted by atomic mass is 19.1. The van der Waals surface area contributed by atoms with E-state index in [2.05, 4.69) is 34.4 Å². The number of aromatic amines is 1. The molecule has 206 valence electrons. The highest BCUT2D eigenvalue weighted by Crippen LogP contribution is 2.34. The number of likely N-dealkylation sites (N-methyl/N-ethyl adjacent to an activating group) is 1. The summed E-state index contributed by atoms with van der Waals surface area (Å²) < 4.78 is 13.7. The Morgan fingerprint density at radius 1 is 1.16 bits per heavy atom. The molecule has 1 atom stereocenters. The summed E-state index contributed by atoms with van der Waals surface area (Å²) in [6.45, 7) is 11.1. The summed E-state index contributed by atoms with van der Waals surface area (Å²) in [5.41, 5.74) is 4.20. The number of aryl methyl sites for hydroxylation is 1. The maximum absolute atomic E-state index is 13.7. The Labute approximate surface area is 219 Å². The lowest BCUT2D eigenvalue weighted by Crippen LogP contribution is -2.35. The van der Waals surface area contributed by atoms with Gasteiger partial charge in [0.05, 0.1) is 17.6 Å². The van der Waals surface area contributed by atoms with E-state index in [1.807, 2.05) is 13.8 Å². The van der Waals surface area contributed by atoms with Crippen molar-refractivity contribution in [2.75, 3.05) is 31.5 Å². The van der Waals surface area contributed by atoms with E-state index in [1.165, 1.54) is 12.1 Å². The number of hydrogen-bond donors (Lipinski definition) is 6. The summed E-state index contributed by atoms with van der Waals surface area (Å²) >= 11 is 0. The molecule has 1 aromatic carbocycles. The molecule has 1 aliphatic heterocycles. The summed E-state index contributed by atoms with van der Waals surface area (Å²) in [7, 11) is 0. The number of anilines is 1. The van der Waals surface area contributed by atoms with Crippen molar-refractivity contribution in [2.45, 2.75) is 40.2 Å². The monoisotopic (exact) mass is 532 g/mol. The zero-order chi connectivity index (χ0) is 28.6. The zero-order valence-corrected chi connectivity index (χ0v) is 21.7. The Hall–Kier alpha value is -4.03. The second-order valence-electron chi connectivity index (χ2n) is 8.60. The van der Waals surface area contributed by atoms with Crippen LogP contribution in [-0.4, -0.2) is 81.2 Å². The number of aliphatic carboxylic acids is 2. The third-order valence-electron chi connectivity index (χ3n) is 6.02. The first-order valence-corrected chi connectivity index (χ1v) is 12.0. The van der Waals surface area contributed by atoms with E-state index in [0.717, 1.165) is 30.9 Å². The Morgan fingerprint density at radius 3 is 2.37 bits per heavy atom. The van der Waals surface area contributed by atoms with E-state index in [1.54, 1.807) is 12.1 Å². The van der Waals surface area contributed by atoms with Crippen LogP contribution < -0.4 is 10.6 Å². The Kier molecular flexibility index (Phi) is 10.7. The average Bonchev–Trinajstić information content (AvgIpc) is 3.31. The fourth-order valence-corrected chi connectivity index (χ4v) is 3.92. The third kappa shape index (κ3) is 7.73. The molecule has 6 N–H and O–H groups in total. The van der Waals surface area contributed by atoms with Gasteiger partial charge in [0.1, 0.15) is 5.82 Å². The first-order chi connectivity index (χ1) is 17.9. The fourth-order valence-electron chi connectivity index (χ4n) is 3.92. The van der Waals surface area contributed by atoms with Crippen LogP contribution in [0, 0.1) is 19.7 Å². The van der Waals surface area contributed by atoms with Gasteiger partial charge in [-0.1, -0.05) is 13.8 Å². The van der Waals surface area contributed by atoms with Crippen LogP contribution in [0.4, 0.5) is 10.1 Å². The number of H-pyrrole nitrogens is 1. The zero-order valence-electron chi connectivity index (χ0n) is 21.7. The average molecular weight is 533 g/mol. The van der Waals surface area contributed by atoms with Crippen molar-refractivity contribution >= 4 is 41.1 Å². The van der Waals surface area contributed by atoms with Crippen molar-refractivity contribution in [1.82, 2.24) is 15.2 Å². The number of benzene rings is 1. The van der Waals surface area contributed by atoms with Gasteiger partial charge in [0, 0.05) is 35.7 Å². The molecule has 0 radical (unpaired) electrons. The summed E-state index contributed by atoms with van der Waals surface area (Å²) in [6, 6.07) is 4.20. The number of halogens is 1. The number of carboxylic acid groups (broad SMARTS) is 2. The maximum atomic E-state index is 13.7. The number of nitrogens with zero attached hydrogens (tertiary/aromatic N) is 1. The van der Waals surface area contributed by atoms with E-state index in [-0.39, 0.29) is 11.8 Å². The van der Waals surface area contributed by atoms with Gasteiger partial charge in [-0.2, -0.15) is 0 Å². The van der Waals surface area contributed by atoms with Crippen LogP contribution in [0.15, 0.2) is 18.2 Å². The van der Waals surface area contributed by atoms with E-state index < -0.39 is 30.3 Å². The maximum Gasteiger partial charge on any atom is 0.333 e. The Morgan fingerprint density at radius 2 is 1.82 bits per heavy atom. The molecule has 0 unspecified atom stereocenters. The van der Waals surface area contributed by atoms with E-state index in [0.29, 0.717) is 34.6 Å². The summed E-state index contributed by atoms with van der Waals surface area (Å²) in [6.07, 6.45) is -0.868. The Balaban J connectivity index is 0.000000484. The molecule has 0 saturated carbocycles. The standard InChI is InChI=1S/C22H27FN4O2.C4H6O5/c1-5-27(6-2)10-9-24-22(29)20-13(3)19(25-14(20)4)12-17-16-11-15(23)7-8-18(16)26-21(17)28;5-2(4(8)9)1-3(6)7/h7-8,11-12,25H,5-6,9-10H2,1-4H3,(H,24,29)(H,26,28);2,5H,1H2,(H,6,7)(H,8,9)/b17-12-;/t;2-/m.1/s1. The second kappa shape index (κ2) is 13.5. The summed E-state index contributed by atoms with van der Waals surface area (Å²) in [5, 5.41) is 29.8. The molecule has 1 aromatic heterocycles. The van der Waals surface area contributed by atoms with Crippen molar-refractivity contribution in [3.63, 3.8) is 0 Å². The molecular formula is C26H33FN4O7. The number of amides is 2. The number of aliphatic hydroxyl groups excluding tert-OH is 1. The van der Waals surface area contributed by atoms with Crippen LogP contribution in [0.3, 0.4) is 0 Å². The van der Waals surface area contributed by atoms with Crippen LogP contribution in [0.25, 0.3) is 11.6 Å². The molecule has 2 heterocycles. The minimum atomic E-state index is -1.79. The predicted molar refractivity (Wildman–Crippen MR) is 139 cm³/mol. The van der Waals surface area contributed by atoms with Gasteiger partial charge in [0.25, 0.3) is 11.8 Å². The SMILES string of the molecule is CCN(CC)CCNC(=O)c1c(C)[nH]c(/C=C2\C(=O)Nc3ccc(F)cc32)c1C.O=C(O)C[C@@H](O)C(=O)O. The highest BCUT2D eigenvalue weighted by molar-refractivity contribution is 6.34. The van der Waals surface area contributed by atoms with Gasteiger partial charge in [-0.25, -0.2) is 9.18 Å². The predicted octanol–water partition coefficient (Wildman–Crippen LogP) is 2.24. The molecule has 38 heavy (non-hydrogen) atoms. The second-order valence-corrected chi connectivity index (χ2v) is 8.60. The molecule has 0 fully saturated rings. The molecule has 0 saturated heterocycles. The number of rotatable bonds is 10. The first kappa shape index (κ1) is 30.2. The van der Waals surface area contributed by atoms with Crippen molar-refractivity contribution in [3.05, 3.63) is 52.1 Å². The number of fused-ring (bicyclic) bond motifs is 1. The molecule has 12 heteroatoms. The number of aliphatic hydroxyl groups is 1. The number of carboxylic acids is 2. The lowest BCUT2D eigenvalue weighted by atomic mass is 10.0. The van der Waals surface area contributed by atoms with Crippen LogP contribution in [-0.2, 0) is 14.4 Å². The van der Waals surface area contributed by atoms with E-state index in [4.69, 9.17) is 15.3 Å². The quantitative estimate of drug-likeness (QED) is 0.253. The largest absolute Gasteiger partial charge is 0.481 e. The molecule has 1 aliphatic rings. The van der Waals surface area contributed by atoms with Gasteiger partial charge in [-0.3, -0.25) is 14.4 Å². The van der Waals surface area contributed by atoms with Gasteiger partial charge >= 0.3 is 11.9 Å². The molecule has 3 rings (SSSR count). The number of aromatic nitrogens is 1. The van der Waals surface area contributed by atoms with Crippen molar-refractivity contribution < 1.29 is 38.9 Å². The molecule has 0 bridgehead atoms. The number of hydrogen-bond acceptors (Lipinski definition) is 6. The third-order valence-corrected chi connectivity index (χ3v) is 6.02. The first-order valence-electron chi connectivity index (χ1n) is 12.0. The topological polar surface area (TPSA) is 172 Å². The van der Waals surface area contributed by atoms with Gasteiger partial charge in [-0.05, 0) is 56.8 Å². The fraction of sp³-hybridized carbons (Fsp3) is 0.385. The van der Waals surface area contributed by atoms with Crippen LogP contribution in [0.5, 0.6) is 0 Å². The molecular weight excluding hydrogens is 499 g/mol. The molecule has 2 aromatic rings. The summed E-state index contributed by atoms with van der Waals surface area (Å²) in [5.74, 6) is -3.68. The molecule has 11 nitrogen and oxygen atoms in total. The normalized spacial score (nSPS) is 14.0. The molecule has 0 spiro atoms. The highest BCUT2D eigenvalue weighted by Gasteiger charge is 2.26. The number of carbonyl (C=O) groups is 4. The van der Waals surface area contributed by atoms with Crippen molar-refractivity contribution in [2.24, 2.45) is 0 Å². The minimum absolute atomic E-state index is 0.143. The van der Waals surface area contributed by atoms with E-state index >= 15 is 0 Å². The lowest BCUT2D eigenvalue weighted by Gasteiger charge is -2.18. The Bertz CT molecular complexity index is 1230. The van der Waals surface area contributed by atoms with Crippen LogP contribution in [0.2, 0.25) is 0 Å². The van der Waals surface area contributed by atoms with Crippen LogP contribution >= 0.6 is 0 Å². The molecule has 0 aliphatic carbocycles. The lowest BCUT2D eigenvalue weighted by molar-refractivity contribution is -0.152. The van der Waals surface area contributed by atoms with Gasteiger partial charge in [-0.15, -0.1) is 0 Å². The number of nitrogens with one attached hydrogen (secondary N) is 3. The summed E-state index contributed by atoms with van der Waals surface area (Å²) in [4.78, 5) is 49.9.